The zero-order chi connectivity index (χ0) is 17.0. The molecule has 2 heterocycles. The highest BCUT2D eigenvalue weighted by Gasteiger charge is 2.37. The van der Waals surface area contributed by atoms with Gasteiger partial charge in [-0.25, -0.2) is 9.78 Å². The normalized spacial score (nSPS) is 15.4. The average Bonchev–Trinajstić information content (AvgIpc) is 2.87. The lowest BCUT2D eigenvalue weighted by Crippen LogP contribution is -2.61. The Bertz CT molecular complexity index is 518. The molecule has 1 fully saturated rings. The maximum Gasteiger partial charge on any atom is 0.410 e. The topological polar surface area (TPSA) is 45.7 Å². The molecule has 0 aliphatic carbocycles. The fourth-order valence-corrected chi connectivity index (χ4v) is 3.41. The van der Waals surface area contributed by atoms with E-state index in [9.17, 15) is 4.79 Å². The number of nitrogens with zero attached hydrogens (tertiary/aromatic N) is 3. The summed E-state index contributed by atoms with van der Waals surface area (Å²) in [6.07, 6.45) is 2.85. The lowest BCUT2D eigenvalue weighted by molar-refractivity contribution is 0.0128. The van der Waals surface area contributed by atoms with Crippen LogP contribution in [-0.4, -0.2) is 47.3 Å². The number of aryl methyl sites for hydroxylation is 1. The van der Waals surface area contributed by atoms with Crippen LogP contribution in [0.1, 0.15) is 53.2 Å². The van der Waals surface area contributed by atoms with Crippen molar-refractivity contribution in [1.29, 1.82) is 0 Å². The van der Waals surface area contributed by atoms with E-state index in [-0.39, 0.29) is 12.1 Å². The van der Waals surface area contributed by atoms with Crippen LogP contribution in [0.5, 0.6) is 0 Å². The molecule has 5 nitrogen and oxygen atoms in total. The monoisotopic (exact) mass is 339 g/mol. The zero-order valence-electron chi connectivity index (χ0n) is 15.0. The Morgan fingerprint density at radius 3 is 2.65 bits per heavy atom. The molecule has 6 heteroatoms. The van der Waals surface area contributed by atoms with E-state index in [0.29, 0.717) is 0 Å². The number of carbonyl (C=O) groups excluding carboxylic acids is 1. The number of carbonyl (C=O) groups is 1. The first-order chi connectivity index (χ1) is 10.8. The molecule has 0 radical (unpaired) electrons. The average molecular weight is 340 g/mol. The molecular weight excluding hydrogens is 310 g/mol. The van der Waals surface area contributed by atoms with Crippen molar-refractivity contribution in [3.63, 3.8) is 0 Å². The van der Waals surface area contributed by atoms with Gasteiger partial charge in [-0.3, -0.25) is 0 Å². The fourth-order valence-electron chi connectivity index (χ4n) is 2.48. The summed E-state index contributed by atoms with van der Waals surface area (Å²) in [5.74, 6) is 0. The smallest absolute Gasteiger partial charge is 0.410 e. The standard InChI is InChI=1S/C17H29N3O2S/c1-6-8-9-20(16(21)22-17(3,4)5)14-10-19(11-14)15-18-13(7-2)12-23-15/h12,14H,6-11H2,1-5H3. The van der Waals surface area contributed by atoms with E-state index >= 15 is 0 Å². The van der Waals surface area contributed by atoms with Crippen LogP contribution in [0, 0.1) is 0 Å². The van der Waals surface area contributed by atoms with Gasteiger partial charge in [0.25, 0.3) is 0 Å². The zero-order valence-corrected chi connectivity index (χ0v) is 15.8. The van der Waals surface area contributed by atoms with Gasteiger partial charge in [0.15, 0.2) is 5.13 Å². The third-order valence-electron chi connectivity index (χ3n) is 3.86. The van der Waals surface area contributed by atoms with Crippen molar-refractivity contribution in [2.45, 2.75) is 65.5 Å². The summed E-state index contributed by atoms with van der Waals surface area (Å²) in [6.45, 7) is 12.5. The van der Waals surface area contributed by atoms with Crippen LogP contribution in [0.25, 0.3) is 0 Å². The Hall–Kier alpha value is -1.30. The summed E-state index contributed by atoms with van der Waals surface area (Å²) in [5, 5.41) is 3.18. The molecule has 0 unspecified atom stereocenters. The number of hydrogen-bond donors (Lipinski definition) is 0. The summed E-state index contributed by atoms with van der Waals surface area (Å²) < 4.78 is 5.57. The minimum atomic E-state index is -0.448. The van der Waals surface area contributed by atoms with E-state index in [1.807, 2.05) is 25.7 Å². The highest BCUT2D eigenvalue weighted by Crippen LogP contribution is 2.28. The Morgan fingerprint density at radius 1 is 1.43 bits per heavy atom. The molecule has 1 aromatic rings. The summed E-state index contributed by atoms with van der Waals surface area (Å²) in [5.41, 5.74) is 0.694. The molecular formula is C17H29N3O2S. The second kappa shape index (κ2) is 7.51. The maximum absolute atomic E-state index is 12.5. The predicted molar refractivity (Wildman–Crippen MR) is 95.3 cm³/mol. The van der Waals surface area contributed by atoms with Gasteiger partial charge in [-0.1, -0.05) is 20.3 Å². The summed E-state index contributed by atoms with van der Waals surface area (Å²) >= 11 is 1.69. The third-order valence-corrected chi connectivity index (χ3v) is 4.81. The van der Waals surface area contributed by atoms with Crippen LogP contribution >= 0.6 is 11.3 Å². The number of unbranched alkanes of at least 4 members (excludes halogenated alkanes) is 1. The number of rotatable bonds is 6. The lowest BCUT2D eigenvalue weighted by Gasteiger charge is -2.45. The number of thiazole rings is 1. The summed E-state index contributed by atoms with van der Waals surface area (Å²) in [7, 11) is 0. The minimum Gasteiger partial charge on any atom is -0.444 e. The van der Waals surface area contributed by atoms with Crippen LogP contribution in [0.4, 0.5) is 9.93 Å². The van der Waals surface area contributed by atoms with Crippen molar-refractivity contribution in [2.75, 3.05) is 24.5 Å². The van der Waals surface area contributed by atoms with Gasteiger partial charge in [0, 0.05) is 25.0 Å². The van der Waals surface area contributed by atoms with Crippen molar-refractivity contribution < 1.29 is 9.53 Å². The number of anilines is 1. The SMILES string of the molecule is CCCCN(C(=O)OC(C)(C)C)C1CN(c2nc(CC)cs2)C1. The molecule has 1 amide bonds. The van der Waals surface area contributed by atoms with Gasteiger partial charge < -0.3 is 14.5 Å². The molecule has 0 bridgehead atoms. The summed E-state index contributed by atoms with van der Waals surface area (Å²) in [6, 6.07) is 0.227. The molecule has 0 aromatic carbocycles. The largest absolute Gasteiger partial charge is 0.444 e. The Kier molecular flexibility index (Phi) is 5.89. The van der Waals surface area contributed by atoms with Crippen molar-refractivity contribution in [1.82, 2.24) is 9.88 Å². The van der Waals surface area contributed by atoms with Gasteiger partial charge in [0.2, 0.25) is 0 Å². The van der Waals surface area contributed by atoms with Crippen LogP contribution in [0.2, 0.25) is 0 Å². The predicted octanol–water partition coefficient (Wildman–Crippen LogP) is 3.93. The van der Waals surface area contributed by atoms with Crippen LogP contribution in [0.3, 0.4) is 0 Å². The van der Waals surface area contributed by atoms with Gasteiger partial charge in [0.1, 0.15) is 5.60 Å². The van der Waals surface area contributed by atoms with E-state index in [1.165, 1.54) is 0 Å². The van der Waals surface area contributed by atoms with E-state index in [0.717, 1.165) is 49.7 Å². The van der Waals surface area contributed by atoms with Gasteiger partial charge in [-0.15, -0.1) is 11.3 Å². The van der Waals surface area contributed by atoms with Crippen molar-refractivity contribution in [3.8, 4) is 0 Å². The molecule has 1 saturated heterocycles. The molecule has 130 valence electrons. The molecule has 1 aliphatic rings. The molecule has 0 atom stereocenters. The van der Waals surface area contributed by atoms with Crippen molar-refractivity contribution in [2.24, 2.45) is 0 Å². The van der Waals surface area contributed by atoms with Gasteiger partial charge in [0.05, 0.1) is 11.7 Å². The minimum absolute atomic E-state index is 0.191. The molecule has 23 heavy (non-hydrogen) atoms. The van der Waals surface area contributed by atoms with Gasteiger partial charge >= 0.3 is 6.09 Å². The Morgan fingerprint density at radius 2 is 2.13 bits per heavy atom. The van der Waals surface area contributed by atoms with E-state index < -0.39 is 5.60 Å². The van der Waals surface area contributed by atoms with Gasteiger partial charge in [-0.2, -0.15) is 0 Å². The highest BCUT2D eigenvalue weighted by atomic mass is 32.1. The van der Waals surface area contributed by atoms with Crippen molar-refractivity contribution >= 4 is 22.6 Å². The van der Waals surface area contributed by atoms with E-state index in [2.05, 4.69) is 29.1 Å². The van der Waals surface area contributed by atoms with E-state index in [4.69, 9.17) is 4.74 Å². The second-order valence-electron chi connectivity index (χ2n) is 7.06. The number of aromatic nitrogens is 1. The first-order valence-corrected chi connectivity index (χ1v) is 9.41. The van der Waals surface area contributed by atoms with Crippen LogP contribution in [0.15, 0.2) is 5.38 Å². The number of ether oxygens (including phenoxy) is 1. The number of amides is 1. The first kappa shape index (κ1) is 18.0. The lowest BCUT2D eigenvalue weighted by atomic mass is 10.1. The summed E-state index contributed by atoms with van der Waals surface area (Å²) in [4.78, 5) is 21.2. The molecule has 2 rings (SSSR count). The molecule has 0 N–H and O–H groups in total. The highest BCUT2D eigenvalue weighted by molar-refractivity contribution is 7.13. The van der Waals surface area contributed by atoms with Crippen LogP contribution < -0.4 is 4.90 Å². The Labute approximate surface area is 143 Å². The number of hydrogen-bond acceptors (Lipinski definition) is 5. The fraction of sp³-hybridized carbons (Fsp3) is 0.765. The van der Waals surface area contributed by atoms with Gasteiger partial charge in [-0.05, 0) is 33.6 Å². The molecule has 1 aliphatic heterocycles. The second-order valence-corrected chi connectivity index (χ2v) is 7.90. The molecule has 0 spiro atoms. The maximum atomic E-state index is 12.5. The quantitative estimate of drug-likeness (QED) is 0.788. The Balaban J connectivity index is 1.94. The van der Waals surface area contributed by atoms with Crippen LogP contribution in [-0.2, 0) is 11.2 Å². The third kappa shape index (κ3) is 4.83. The van der Waals surface area contributed by atoms with Crippen molar-refractivity contribution in [3.05, 3.63) is 11.1 Å². The van der Waals surface area contributed by atoms with E-state index in [1.54, 1.807) is 11.3 Å². The molecule has 0 saturated carbocycles. The first-order valence-electron chi connectivity index (χ1n) is 8.53. The molecule has 1 aromatic heterocycles.